The van der Waals surface area contributed by atoms with E-state index >= 15 is 0 Å². The Bertz CT molecular complexity index is 453. The van der Waals surface area contributed by atoms with Crippen LogP contribution < -0.4 is 0 Å². The molecule has 0 bridgehead atoms. The lowest BCUT2D eigenvalue weighted by atomic mass is 10.1. The summed E-state index contributed by atoms with van der Waals surface area (Å²) in [5.41, 5.74) is 2.49. The number of benzene rings is 1. The first-order valence-corrected chi connectivity index (χ1v) is 6.82. The van der Waals surface area contributed by atoms with E-state index in [1.54, 1.807) is 6.08 Å². The van der Waals surface area contributed by atoms with Gasteiger partial charge in [-0.15, -0.1) is 0 Å². The maximum Gasteiger partial charge on any atom is 0.330 e. The van der Waals surface area contributed by atoms with Gasteiger partial charge in [0, 0.05) is 25.7 Å². The van der Waals surface area contributed by atoms with Crippen molar-refractivity contribution in [1.82, 2.24) is 4.90 Å². The zero-order valence-electron chi connectivity index (χ0n) is 11.6. The number of nitrogens with zero attached hydrogens (tertiary/aromatic N) is 1. The normalized spacial score (nSPS) is 21.8. The van der Waals surface area contributed by atoms with Gasteiger partial charge in [-0.2, -0.15) is 0 Å². The smallest absolute Gasteiger partial charge is 0.330 e. The standard InChI is InChI=1S/C16H21NO2/c1-3-19-16(18)9-15-12-17(10-13(15)2)11-14-7-5-4-6-8-14/h4-9,13H,3,10-12H2,1-2H3/b15-9-. The Kier molecular flexibility index (Phi) is 4.74. The number of carbonyl (C=O) groups is 1. The molecule has 0 aliphatic carbocycles. The van der Waals surface area contributed by atoms with E-state index < -0.39 is 0 Å². The molecule has 3 nitrogen and oxygen atoms in total. The second kappa shape index (κ2) is 6.53. The highest BCUT2D eigenvalue weighted by atomic mass is 16.5. The first kappa shape index (κ1) is 13.8. The van der Waals surface area contributed by atoms with Crippen molar-refractivity contribution >= 4 is 5.97 Å². The molecule has 1 aliphatic rings. The van der Waals surface area contributed by atoms with Gasteiger partial charge in [0.25, 0.3) is 0 Å². The molecule has 1 aromatic carbocycles. The molecule has 102 valence electrons. The molecule has 1 saturated heterocycles. The second-order valence-electron chi connectivity index (χ2n) is 5.03. The lowest BCUT2D eigenvalue weighted by molar-refractivity contribution is -0.137. The molecule has 1 atom stereocenters. The fourth-order valence-electron chi connectivity index (χ4n) is 2.47. The van der Waals surface area contributed by atoms with Crippen LogP contribution >= 0.6 is 0 Å². The molecule has 0 saturated carbocycles. The topological polar surface area (TPSA) is 29.5 Å². The van der Waals surface area contributed by atoms with Crippen molar-refractivity contribution in [3.63, 3.8) is 0 Å². The van der Waals surface area contributed by atoms with Crippen molar-refractivity contribution < 1.29 is 9.53 Å². The highest BCUT2D eigenvalue weighted by Gasteiger charge is 2.24. The predicted molar refractivity (Wildman–Crippen MR) is 75.6 cm³/mol. The Morgan fingerprint density at radius 3 is 2.84 bits per heavy atom. The van der Waals surface area contributed by atoms with E-state index in [0.717, 1.165) is 19.6 Å². The number of rotatable bonds is 4. The summed E-state index contributed by atoms with van der Waals surface area (Å²) in [6, 6.07) is 10.4. The highest BCUT2D eigenvalue weighted by Crippen LogP contribution is 2.23. The van der Waals surface area contributed by atoms with E-state index in [1.165, 1.54) is 11.1 Å². The summed E-state index contributed by atoms with van der Waals surface area (Å²) >= 11 is 0. The number of carbonyl (C=O) groups excluding carboxylic acids is 1. The van der Waals surface area contributed by atoms with Gasteiger partial charge in [-0.05, 0) is 24.0 Å². The van der Waals surface area contributed by atoms with E-state index in [9.17, 15) is 4.79 Å². The number of likely N-dealkylation sites (tertiary alicyclic amines) is 1. The van der Waals surface area contributed by atoms with Crippen LogP contribution in [0.5, 0.6) is 0 Å². The summed E-state index contributed by atoms with van der Waals surface area (Å²) in [6.07, 6.45) is 1.67. The molecule has 0 aromatic heterocycles. The zero-order chi connectivity index (χ0) is 13.7. The van der Waals surface area contributed by atoms with E-state index in [0.29, 0.717) is 12.5 Å². The quantitative estimate of drug-likeness (QED) is 0.615. The first-order valence-electron chi connectivity index (χ1n) is 6.82. The van der Waals surface area contributed by atoms with E-state index in [2.05, 4.69) is 36.1 Å². The van der Waals surface area contributed by atoms with Crippen LogP contribution in [0.15, 0.2) is 42.0 Å². The Morgan fingerprint density at radius 1 is 1.42 bits per heavy atom. The van der Waals surface area contributed by atoms with Crippen LogP contribution in [0.2, 0.25) is 0 Å². The van der Waals surface area contributed by atoms with Crippen molar-refractivity contribution in [1.29, 1.82) is 0 Å². The number of hydrogen-bond acceptors (Lipinski definition) is 3. The lowest BCUT2D eigenvalue weighted by Gasteiger charge is -2.14. The minimum atomic E-state index is -0.217. The minimum Gasteiger partial charge on any atom is -0.463 e. The van der Waals surface area contributed by atoms with Gasteiger partial charge in [0.1, 0.15) is 0 Å². The number of esters is 1. The minimum absolute atomic E-state index is 0.217. The molecule has 1 heterocycles. The Morgan fingerprint density at radius 2 is 2.16 bits per heavy atom. The monoisotopic (exact) mass is 259 g/mol. The Labute approximate surface area is 114 Å². The molecule has 1 aliphatic heterocycles. The summed E-state index contributed by atoms with van der Waals surface area (Å²) in [5.74, 6) is 0.207. The van der Waals surface area contributed by atoms with Crippen molar-refractivity contribution in [3.8, 4) is 0 Å². The van der Waals surface area contributed by atoms with Crippen molar-refractivity contribution in [3.05, 3.63) is 47.5 Å². The lowest BCUT2D eigenvalue weighted by Crippen LogP contribution is -2.19. The van der Waals surface area contributed by atoms with Gasteiger partial charge in [-0.1, -0.05) is 37.3 Å². The largest absolute Gasteiger partial charge is 0.463 e. The fraction of sp³-hybridized carbons (Fsp3) is 0.438. The molecule has 0 spiro atoms. The van der Waals surface area contributed by atoms with Crippen molar-refractivity contribution in [2.75, 3.05) is 19.7 Å². The van der Waals surface area contributed by atoms with E-state index in [-0.39, 0.29) is 5.97 Å². The van der Waals surface area contributed by atoms with Crippen LogP contribution in [-0.4, -0.2) is 30.6 Å². The Hall–Kier alpha value is -1.61. The average molecular weight is 259 g/mol. The summed E-state index contributed by atoms with van der Waals surface area (Å²) in [4.78, 5) is 13.9. The second-order valence-corrected chi connectivity index (χ2v) is 5.03. The van der Waals surface area contributed by atoms with Crippen molar-refractivity contribution in [2.45, 2.75) is 20.4 Å². The third-order valence-corrected chi connectivity index (χ3v) is 3.41. The van der Waals surface area contributed by atoms with Gasteiger partial charge in [-0.3, -0.25) is 4.90 Å². The molecule has 1 aromatic rings. The molecule has 0 radical (unpaired) electrons. The van der Waals surface area contributed by atoms with Crippen LogP contribution in [0.3, 0.4) is 0 Å². The molecule has 1 fully saturated rings. The van der Waals surface area contributed by atoms with Crippen LogP contribution in [0.4, 0.5) is 0 Å². The predicted octanol–water partition coefficient (Wildman–Crippen LogP) is 2.63. The molecule has 0 amide bonds. The summed E-state index contributed by atoms with van der Waals surface area (Å²) in [6.45, 7) is 7.22. The third-order valence-electron chi connectivity index (χ3n) is 3.41. The molecular weight excluding hydrogens is 238 g/mol. The third kappa shape index (κ3) is 3.93. The van der Waals surface area contributed by atoms with Gasteiger partial charge in [-0.25, -0.2) is 4.79 Å². The maximum atomic E-state index is 11.5. The SMILES string of the molecule is CCOC(=O)/C=C1/CN(Cc2ccccc2)CC1C. The molecule has 0 N–H and O–H groups in total. The van der Waals surface area contributed by atoms with Crippen molar-refractivity contribution in [2.24, 2.45) is 5.92 Å². The summed E-state index contributed by atoms with van der Waals surface area (Å²) in [5, 5.41) is 0. The van der Waals surface area contributed by atoms with Crippen LogP contribution in [0.1, 0.15) is 19.4 Å². The molecule has 2 rings (SSSR count). The zero-order valence-corrected chi connectivity index (χ0v) is 11.6. The fourth-order valence-corrected chi connectivity index (χ4v) is 2.47. The molecule has 3 heteroatoms. The van der Waals surface area contributed by atoms with Gasteiger partial charge < -0.3 is 4.74 Å². The number of hydrogen-bond donors (Lipinski definition) is 0. The molecule has 1 unspecified atom stereocenters. The highest BCUT2D eigenvalue weighted by molar-refractivity contribution is 5.83. The molecular formula is C16H21NO2. The van der Waals surface area contributed by atoms with Crippen LogP contribution in [0, 0.1) is 5.92 Å². The summed E-state index contributed by atoms with van der Waals surface area (Å²) in [7, 11) is 0. The van der Waals surface area contributed by atoms with Gasteiger partial charge in [0.2, 0.25) is 0 Å². The maximum absolute atomic E-state index is 11.5. The van der Waals surface area contributed by atoms with Crippen LogP contribution in [-0.2, 0) is 16.1 Å². The van der Waals surface area contributed by atoms with Gasteiger partial charge >= 0.3 is 5.97 Å². The van der Waals surface area contributed by atoms with Gasteiger partial charge in [0.15, 0.2) is 0 Å². The number of ether oxygens (including phenoxy) is 1. The van der Waals surface area contributed by atoms with E-state index in [4.69, 9.17) is 4.74 Å². The first-order chi connectivity index (χ1) is 9.19. The van der Waals surface area contributed by atoms with Gasteiger partial charge in [0.05, 0.1) is 6.61 Å². The Balaban J connectivity index is 1.95. The van der Waals surface area contributed by atoms with Crippen LogP contribution in [0.25, 0.3) is 0 Å². The summed E-state index contributed by atoms with van der Waals surface area (Å²) < 4.78 is 4.97. The average Bonchev–Trinajstić information content (AvgIpc) is 2.71. The van der Waals surface area contributed by atoms with E-state index in [1.807, 2.05) is 13.0 Å². The molecule has 19 heavy (non-hydrogen) atoms.